The molecule has 0 fully saturated rings. The Labute approximate surface area is 237 Å². The molecule has 0 N–H and O–H groups in total. The van der Waals surface area contributed by atoms with Gasteiger partial charge in [-0.05, 0) is 100.0 Å². The highest BCUT2D eigenvalue weighted by Gasteiger charge is 2.36. The van der Waals surface area contributed by atoms with Crippen LogP contribution in [0.1, 0.15) is 36.1 Å². The lowest BCUT2D eigenvalue weighted by Gasteiger charge is -2.28. The van der Waals surface area contributed by atoms with E-state index in [0.717, 1.165) is 5.69 Å². The summed E-state index contributed by atoms with van der Waals surface area (Å²) in [6, 6.07) is 46.9. The van der Waals surface area contributed by atoms with Crippen LogP contribution in [0.15, 0.2) is 127 Å². The number of benzene rings is 6. The fraction of sp³-hybridized carbons (Fsp3) is 0.128. The maximum Gasteiger partial charge on any atom is 0.0465 e. The zero-order chi connectivity index (χ0) is 27.4. The van der Waals surface area contributed by atoms with E-state index >= 15 is 0 Å². The van der Waals surface area contributed by atoms with Crippen LogP contribution in [0.25, 0.3) is 33.0 Å². The minimum Gasteiger partial charge on any atom is -0.310 e. The Hall–Kier alpha value is -4.62. The molecule has 1 aliphatic carbocycles. The molecule has 6 aromatic rings. The van der Waals surface area contributed by atoms with Crippen LogP contribution in [0.3, 0.4) is 0 Å². The van der Waals surface area contributed by atoms with Gasteiger partial charge in [-0.1, -0.05) is 110 Å². The fourth-order valence-electron chi connectivity index (χ4n) is 6.46. The lowest BCUT2D eigenvalue weighted by molar-refractivity contribution is 0.660. The van der Waals surface area contributed by atoms with Gasteiger partial charge in [0.25, 0.3) is 0 Å². The molecule has 194 valence electrons. The van der Waals surface area contributed by atoms with Gasteiger partial charge in [-0.15, -0.1) is 0 Å². The lowest BCUT2D eigenvalue weighted by Crippen LogP contribution is -2.16. The molecule has 1 heteroatoms. The number of hydrogen-bond donors (Lipinski definition) is 0. The Morgan fingerprint density at radius 3 is 1.90 bits per heavy atom. The maximum atomic E-state index is 2.41. The number of anilines is 3. The van der Waals surface area contributed by atoms with Crippen LogP contribution < -0.4 is 4.90 Å². The third-order valence-electron chi connectivity index (χ3n) is 8.56. The van der Waals surface area contributed by atoms with E-state index in [-0.39, 0.29) is 5.41 Å². The van der Waals surface area contributed by atoms with Gasteiger partial charge in [0.1, 0.15) is 0 Å². The van der Waals surface area contributed by atoms with Gasteiger partial charge in [-0.25, -0.2) is 0 Å². The largest absolute Gasteiger partial charge is 0.310 e. The van der Waals surface area contributed by atoms with Crippen molar-refractivity contribution in [1.29, 1.82) is 0 Å². The average molecular weight is 516 g/mol. The predicted octanol–water partition coefficient (Wildman–Crippen LogP) is 10.9. The summed E-state index contributed by atoms with van der Waals surface area (Å²) < 4.78 is 0. The molecule has 6 aromatic carbocycles. The van der Waals surface area contributed by atoms with Gasteiger partial charge in [-0.3, -0.25) is 0 Å². The second-order valence-electron chi connectivity index (χ2n) is 11.7. The Kier molecular flexibility index (Phi) is 5.64. The van der Waals surface area contributed by atoms with Gasteiger partial charge in [-0.2, -0.15) is 0 Å². The van der Waals surface area contributed by atoms with Gasteiger partial charge >= 0.3 is 0 Å². The SMILES string of the molecule is Cc1cccc(N(c2ccc(-c3cccc4ccccc34)cc2)c2ccc3c(c2)C(C)(C)c2cc(C)ccc2-3)c1. The molecule has 1 nitrogen and oxygen atoms in total. The van der Waals surface area contributed by atoms with E-state index in [2.05, 4.69) is 160 Å². The minimum atomic E-state index is -0.0524. The van der Waals surface area contributed by atoms with Gasteiger partial charge in [0.15, 0.2) is 0 Å². The summed E-state index contributed by atoms with van der Waals surface area (Å²) >= 11 is 0. The first-order valence-corrected chi connectivity index (χ1v) is 14.1. The van der Waals surface area contributed by atoms with E-state index in [4.69, 9.17) is 0 Å². The second kappa shape index (κ2) is 9.24. The second-order valence-corrected chi connectivity index (χ2v) is 11.7. The number of nitrogens with zero attached hydrogens (tertiary/aromatic N) is 1. The molecule has 0 aromatic heterocycles. The molecule has 0 bridgehead atoms. The molecular weight excluding hydrogens is 482 g/mol. The Morgan fingerprint density at radius 2 is 1.10 bits per heavy atom. The van der Waals surface area contributed by atoms with Crippen LogP contribution in [-0.4, -0.2) is 0 Å². The molecular formula is C39H33N. The third kappa shape index (κ3) is 3.93. The molecule has 40 heavy (non-hydrogen) atoms. The van der Waals surface area contributed by atoms with E-state index in [0.29, 0.717) is 0 Å². The molecule has 0 atom stereocenters. The number of fused-ring (bicyclic) bond motifs is 4. The smallest absolute Gasteiger partial charge is 0.0465 e. The first kappa shape index (κ1) is 24.4. The van der Waals surface area contributed by atoms with Crippen LogP contribution in [0.2, 0.25) is 0 Å². The zero-order valence-corrected chi connectivity index (χ0v) is 23.6. The summed E-state index contributed by atoms with van der Waals surface area (Å²) in [5.74, 6) is 0. The van der Waals surface area contributed by atoms with Gasteiger partial charge in [0.05, 0.1) is 0 Å². The monoisotopic (exact) mass is 515 g/mol. The van der Waals surface area contributed by atoms with Crippen LogP contribution >= 0.6 is 0 Å². The van der Waals surface area contributed by atoms with E-state index in [9.17, 15) is 0 Å². The van der Waals surface area contributed by atoms with Crippen LogP contribution in [-0.2, 0) is 5.41 Å². The molecule has 0 spiro atoms. The Morgan fingerprint density at radius 1 is 0.475 bits per heavy atom. The summed E-state index contributed by atoms with van der Waals surface area (Å²) in [4.78, 5) is 2.39. The van der Waals surface area contributed by atoms with E-state index in [1.807, 2.05) is 0 Å². The van der Waals surface area contributed by atoms with Crippen molar-refractivity contribution in [1.82, 2.24) is 0 Å². The van der Waals surface area contributed by atoms with Crippen molar-refractivity contribution in [2.45, 2.75) is 33.1 Å². The van der Waals surface area contributed by atoms with E-state index < -0.39 is 0 Å². The summed E-state index contributed by atoms with van der Waals surface area (Å²) in [6.07, 6.45) is 0. The normalized spacial score (nSPS) is 13.2. The molecule has 0 heterocycles. The summed E-state index contributed by atoms with van der Waals surface area (Å²) in [7, 11) is 0. The highest BCUT2D eigenvalue weighted by atomic mass is 15.1. The molecule has 0 radical (unpaired) electrons. The quantitative estimate of drug-likeness (QED) is 0.226. The van der Waals surface area contributed by atoms with Crippen molar-refractivity contribution >= 4 is 27.8 Å². The molecule has 1 aliphatic rings. The van der Waals surface area contributed by atoms with Crippen molar-refractivity contribution in [2.24, 2.45) is 0 Å². The lowest BCUT2D eigenvalue weighted by atomic mass is 9.82. The van der Waals surface area contributed by atoms with Gasteiger partial charge in [0.2, 0.25) is 0 Å². The molecule has 0 saturated heterocycles. The average Bonchev–Trinajstić information content (AvgIpc) is 3.19. The maximum absolute atomic E-state index is 2.41. The third-order valence-corrected chi connectivity index (χ3v) is 8.56. The molecule has 0 saturated carbocycles. The van der Waals surface area contributed by atoms with Gasteiger partial charge < -0.3 is 4.90 Å². The topological polar surface area (TPSA) is 3.24 Å². The summed E-state index contributed by atoms with van der Waals surface area (Å²) in [5, 5.41) is 2.55. The highest BCUT2D eigenvalue weighted by Crippen LogP contribution is 2.51. The number of rotatable bonds is 4. The molecule has 0 amide bonds. The van der Waals surface area contributed by atoms with Crippen molar-refractivity contribution in [3.63, 3.8) is 0 Å². The van der Waals surface area contributed by atoms with Crippen molar-refractivity contribution in [3.8, 4) is 22.3 Å². The van der Waals surface area contributed by atoms with Crippen LogP contribution in [0, 0.1) is 13.8 Å². The van der Waals surface area contributed by atoms with E-state index in [1.165, 1.54) is 66.7 Å². The summed E-state index contributed by atoms with van der Waals surface area (Å²) in [6.45, 7) is 9.07. The van der Waals surface area contributed by atoms with Crippen molar-refractivity contribution in [3.05, 3.63) is 150 Å². The molecule has 0 aliphatic heterocycles. The predicted molar refractivity (Wildman–Crippen MR) is 171 cm³/mol. The van der Waals surface area contributed by atoms with Crippen molar-refractivity contribution in [2.75, 3.05) is 4.90 Å². The standard InChI is InChI=1S/C39H33N/c1-26-9-7-12-31(23-26)40(30-18-16-29(17-19-30)34-14-8-11-28-10-5-6-13-33(28)34)32-20-22-36-35-21-15-27(2)24-37(35)39(3,4)38(36)25-32/h5-25H,1-4H3. The van der Waals surface area contributed by atoms with Gasteiger partial charge in [0, 0.05) is 22.5 Å². The first-order valence-electron chi connectivity index (χ1n) is 14.1. The first-order chi connectivity index (χ1) is 19.4. The molecule has 0 unspecified atom stereocenters. The van der Waals surface area contributed by atoms with Crippen LogP contribution in [0.4, 0.5) is 17.1 Å². The number of hydrogen-bond acceptors (Lipinski definition) is 1. The highest BCUT2D eigenvalue weighted by molar-refractivity contribution is 5.97. The van der Waals surface area contributed by atoms with E-state index in [1.54, 1.807) is 0 Å². The Balaban J connectivity index is 1.35. The molecule has 7 rings (SSSR count). The Bertz CT molecular complexity index is 1890. The number of aryl methyl sites for hydroxylation is 2. The van der Waals surface area contributed by atoms with Crippen molar-refractivity contribution < 1.29 is 0 Å². The minimum absolute atomic E-state index is 0.0524. The fourth-order valence-corrected chi connectivity index (χ4v) is 6.46. The zero-order valence-electron chi connectivity index (χ0n) is 23.6. The summed E-state index contributed by atoms with van der Waals surface area (Å²) in [5.41, 5.74) is 14.0. The van der Waals surface area contributed by atoms with Crippen LogP contribution in [0.5, 0.6) is 0 Å².